The maximum absolute atomic E-state index is 16.9. The Hall–Kier alpha value is -3.00. The third kappa shape index (κ3) is 12.9. The van der Waals surface area contributed by atoms with E-state index in [1.807, 2.05) is 49.6 Å². The van der Waals surface area contributed by atoms with E-state index in [2.05, 4.69) is 38.8 Å². The van der Waals surface area contributed by atoms with Crippen molar-refractivity contribution in [1.29, 1.82) is 0 Å². The summed E-state index contributed by atoms with van der Waals surface area (Å²) < 4.78 is 81.4. The lowest BCUT2D eigenvalue weighted by atomic mass is 9.77. The highest BCUT2D eigenvalue weighted by Crippen LogP contribution is 2.48. The molecule has 0 radical (unpaired) electrons. The Bertz CT molecular complexity index is 2200. The minimum absolute atomic E-state index is 0.0280. The van der Waals surface area contributed by atoms with Crippen LogP contribution < -0.4 is 21.3 Å². The van der Waals surface area contributed by atoms with Crippen LogP contribution in [-0.4, -0.2) is 192 Å². The molecule has 76 heavy (non-hydrogen) atoms. The average Bonchev–Trinajstić information content (AvgIpc) is 4.32. The van der Waals surface area contributed by atoms with Crippen molar-refractivity contribution < 1.29 is 56.6 Å². The number of hydrogen-bond acceptors (Lipinski definition) is 17. The van der Waals surface area contributed by atoms with Crippen molar-refractivity contribution in [2.75, 3.05) is 46.9 Å². The highest BCUT2D eigenvalue weighted by atomic mass is 32.2. The van der Waals surface area contributed by atoms with E-state index in [0.717, 1.165) is 47.8 Å². The number of amides is 1. The van der Waals surface area contributed by atoms with E-state index in [4.69, 9.17) is 28.9 Å². The van der Waals surface area contributed by atoms with Crippen LogP contribution in [0.5, 0.6) is 0 Å². The zero-order valence-corrected chi connectivity index (χ0v) is 45.7. The lowest BCUT2D eigenvalue weighted by Crippen LogP contribution is -2.60. The Morgan fingerprint density at radius 2 is 1.66 bits per heavy atom. The molecule has 17 nitrogen and oxygen atoms in total. The van der Waals surface area contributed by atoms with Crippen LogP contribution in [0.4, 0.5) is 17.6 Å². The average molecular weight is 1090 g/mol. The predicted octanol–water partition coefficient (Wildman–Crippen LogP) is 4.87. The Balaban J connectivity index is 0.879. The molecule has 4 unspecified atom stereocenters. The van der Waals surface area contributed by atoms with Gasteiger partial charge in [0.1, 0.15) is 30.0 Å². The van der Waals surface area contributed by atoms with Gasteiger partial charge in [-0.2, -0.15) is 13.2 Å². The van der Waals surface area contributed by atoms with Crippen LogP contribution in [0.2, 0.25) is 0 Å². The summed E-state index contributed by atoms with van der Waals surface area (Å²) in [5, 5.41) is 45.0. The van der Waals surface area contributed by atoms with Gasteiger partial charge in [-0.05, 0) is 107 Å². The second-order valence-corrected chi connectivity index (χ2v) is 24.4. The molecule has 22 heteroatoms. The van der Waals surface area contributed by atoms with E-state index in [-0.39, 0.29) is 84.2 Å². The van der Waals surface area contributed by atoms with Crippen LogP contribution in [0.3, 0.4) is 0 Å². The molecule has 0 saturated carbocycles. The molecular formula is C54H83F4N9O8S. The summed E-state index contributed by atoms with van der Waals surface area (Å²) in [5.74, 6) is 0.106. The first-order chi connectivity index (χ1) is 36.3. The highest BCUT2D eigenvalue weighted by Gasteiger charge is 2.51. The first-order valence-electron chi connectivity index (χ1n) is 27.8. The lowest BCUT2D eigenvalue weighted by Gasteiger charge is -2.51. The highest BCUT2D eigenvalue weighted by molar-refractivity contribution is 8.04. The van der Waals surface area contributed by atoms with Crippen molar-refractivity contribution in [2.24, 2.45) is 39.6 Å². The molecule has 7 aliphatic heterocycles. The molecule has 0 aromatic carbocycles. The van der Waals surface area contributed by atoms with Gasteiger partial charge in [0.15, 0.2) is 0 Å². The van der Waals surface area contributed by atoms with Gasteiger partial charge in [-0.1, -0.05) is 32.1 Å². The Morgan fingerprint density at radius 1 is 0.961 bits per heavy atom. The number of nitrogens with zero attached hydrogens (tertiary/aromatic N) is 5. The molecule has 0 aromatic rings. The number of aliphatic imine (C=N–C) groups is 2. The predicted molar refractivity (Wildman–Crippen MR) is 282 cm³/mol. The number of methoxy groups -OCH3 is 2. The minimum atomic E-state index is -4.32. The van der Waals surface area contributed by atoms with Gasteiger partial charge in [-0.15, -0.1) is 18.3 Å². The summed E-state index contributed by atoms with van der Waals surface area (Å²) in [5.41, 5.74) is 1.16. The molecule has 9 aliphatic rings. The van der Waals surface area contributed by atoms with Crippen molar-refractivity contribution in [3.8, 4) is 0 Å². The largest absolute Gasteiger partial charge is 0.390 e. The van der Waals surface area contributed by atoms with E-state index in [0.29, 0.717) is 64.8 Å². The number of carbonyl (C=O) groups excluding carboxylic acids is 1. The topological polar surface area (TPSA) is 197 Å². The third-order valence-corrected chi connectivity index (χ3v) is 18.9. The molecule has 4 saturated heterocycles. The SMILES string of the molecule is C=C[C@@H]1CC([C@H]2CN=C([C@@H]3CCCN3C(=O)C(N[C@H](O)OC)C3C[C@@H](C)O[C@@H](C)C3)N2)=CC[C@@H]1N1C[C@H]2C(F)=C[C@@H]([C@@H]3CN=C([C@@H]4CCCN4[C@@H](O)[C@@H](N[C@@H](O)OC)C(C)C)N3)CC2OC1C1=CC[C@H](CC(F)(F)F)S1. The lowest BCUT2D eigenvalue weighted by molar-refractivity contribution is -0.167. The van der Waals surface area contributed by atoms with Crippen LogP contribution >= 0.6 is 11.8 Å². The number of carbonyl (C=O) groups is 1. The number of likely N-dealkylation sites (tertiary alicyclic amines) is 2. The first kappa shape index (κ1) is 57.7. The van der Waals surface area contributed by atoms with Crippen molar-refractivity contribution in [3.05, 3.63) is 47.2 Å². The van der Waals surface area contributed by atoms with E-state index in [1.54, 1.807) is 6.08 Å². The fourth-order valence-corrected chi connectivity index (χ4v) is 15.1. The summed E-state index contributed by atoms with van der Waals surface area (Å²) in [7, 11) is 2.78. The molecular weight excluding hydrogens is 1010 g/mol. The fraction of sp³-hybridized carbons (Fsp3) is 0.796. The Morgan fingerprint density at radius 3 is 2.37 bits per heavy atom. The summed E-state index contributed by atoms with van der Waals surface area (Å²) in [6.45, 7) is 14.7. The number of hydrogen-bond donors (Lipinski definition) is 7. The molecule has 19 atom stereocenters. The van der Waals surface area contributed by atoms with Crippen molar-refractivity contribution in [2.45, 2.75) is 196 Å². The second kappa shape index (κ2) is 24.8. The van der Waals surface area contributed by atoms with Crippen molar-refractivity contribution in [3.63, 3.8) is 0 Å². The van der Waals surface area contributed by atoms with Crippen LogP contribution in [-0.2, 0) is 23.7 Å². The molecule has 7 N–H and O–H groups in total. The summed E-state index contributed by atoms with van der Waals surface area (Å²) in [6.07, 6.45) is 4.29. The van der Waals surface area contributed by atoms with Gasteiger partial charge in [0.05, 0.1) is 74.1 Å². The second-order valence-electron chi connectivity index (χ2n) is 23.0. The summed E-state index contributed by atoms with van der Waals surface area (Å²) in [6, 6.07) is -2.11. The van der Waals surface area contributed by atoms with Crippen LogP contribution in [0.25, 0.3) is 0 Å². The molecule has 1 amide bonds. The number of thioether (sulfide) groups is 1. The van der Waals surface area contributed by atoms with E-state index in [9.17, 15) is 33.3 Å². The molecule has 0 bridgehead atoms. The van der Waals surface area contributed by atoms with Gasteiger partial charge in [-0.3, -0.25) is 35.2 Å². The Kier molecular flexibility index (Phi) is 18.8. The van der Waals surface area contributed by atoms with Crippen LogP contribution in [0, 0.1) is 29.6 Å². The van der Waals surface area contributed by atoms with E-state index >= 15 is 4.39 Å². The number of amidine groups is 2. The number of fused-ring (bicyclic) bond motifs is 1. The molecule has 0 spiro atoms. The number of aliphatic hydroxyl groups excluding tert-OH is 3. The number of rotatable bonds is 19. The van der Waals surface area contributed by atoms with Gasteiger partial charge >= 0.3 is 6.18 Å². The molecule has 426 valence electrons. The number of aliphatic hydroxyl groups is 3. The minimum Gasteiger partial charge on any atom is -0.377 e. The number of ether oxygens (including phenoxy) is 4. The van der Waals surface area contributed by atoms with Gasteiger partial charge in [0.25, 0.3) is 0 Å². The summed E-state index contributed by atoms with van der Waals surface area (Å²) >= 11 is 1.22. The zero-order valence-electron chi connectivity index (χ0n) is 44.9. The van der Waals surface area contributed by atoms with Crippen molar-refractivity contribution >= 4 is 29.3 Å². The van der Waals surface area contributed by atoms with Crippen molar-refractivity contribution in [1.82, 2.24) is 36.0 Å². The zero-order chi connectivity index (χ0) is 54.2. The standard InChI is InChI=1S/C54H83F4N9O8S/c1-8-31-21-32(38-25-59-47(61-38)42-12-10-18-66(42)50(69)46(64-53(71)73-7)34-19-29(4)74-30(5)20-34)13-15-40(31)67-27-36-37(55)22-33(23-43(36)75-51(67)44-16-14-35(76-44)24-54(56,57)58)39-26-60-48(62-39)41-11-9-17-65(41)49(68)45(28(2)3)63-52(70)72-6/h8,13,16,22,28-31,33-36,38-43,45-46,49,51-53,63-64,68,70-71H,1,9-12,14-15,17-21,23-27H2,2-7H3,(H,59,61)(H,60,62)/t29-,30+,31-,33-,34?,35-,36+,38-,39+,40+,41+,42+,43?,45+,46?,49+,51?,52+,53-/m1/s1. The van der Waals surface area contributed by atoms with Gasteiger partial charge in [0.2, 0.25) is 18.7 Å². The quantitative estimate of drug-likeness (QED) is 0.0526. The summed E-state index contributed by atoms with van der Waals surface area (Å²) in [4.78, 5) is 31.2. The van der Waals surface area contributed by atoms with Crippen LogP contribution in [0.15, 0.2) is 57.2 Å². The maximum atomic E-state index is 16.9. The molecule has 2 aliphatic carbocycles. The van der Waals surface area contributed by atoms with Gasteiger partial charge < -0.3 is 49.8 Å². The van der Waals surface area contributed by atoms with E-state index < -0.39 is 67.2 Å². The van der Waals surface area contributed by atoms with Gasteiger partial charge in [-0.25, -0.2) is 4.39 Å². The van der Waals surface area contributed by atoms with E-state index in [1.165, 1.54) is 26.0 Å². The smallest absolute Gasteiger partial charge is 0.377 e. The normalized spacial score (nSPS) is 37.6. The molecule has 0 aromatic heterocycles. The molecule has 4 fully saturated rings. The number of alkyl halides is 3. The van der Waals surface area contributed by atoms with Crippen LogP contribution in [0.1, 0.15) is 98.3 Å². The fourth-order valence-electron chi connectivity index (χ4n) is 13.8. The number of allylic oxidation sites excluding steroid dienone is 1. The first-order valence-corrected chi connectivity index (χ1v) is 28.7. The third-order valence-electron chi connectivity index (χ3n) is 17.5. The number of nitrogens with one attached hydrogen (secondary N) is 4. The molecule has 9 rings (SSSR count). The monoisotopic (exact) mass is 1090 g/mol. The maximum Gasteiger partial charge on any atom is 0.390 e. The number of halogens is 4. The Labute approximate surface area is 449 Å². The molecule has 7 heterocycles. The van der Waals surface area contributed by atoms with Gasteiger partial charge in [0, 0.05) is 61.9 Å².